The summed E-state index contributed by atoms with van der Waals surface area (Å²) in [6.45, 7) is 1.74. The average Bonchev–Trinajstić information content (AvgIpc) is 2.42. The molecule has 0 heterocycles. The fourth-order valence-electron chi connectivity index (χ4n) is 2.11. The van der Waals surface area contributed by atoms with E-state index in [4.69, 9.17) is 17.4 Å². The summed E-state index contributed by atoms with van der Waals surface area (Å²) in [5, 5.41) is 0.632. The highest BCUT2D eigenvalue weighted by Gasteiger charge is 2.17. The zero-order valence-corrected chi connectivity index (χ0v) is 13.3. The Labute approximate surface area is 131 Å². The molecule has 0 radical (unpaired) electrons. The SMILES string of the molecule is Cc1cccc(C(Cc2ccc(Br)cc2Cl)NN)c1F. The lowest BCUT2D eigenvalue weighted by Gasteiger charge is -2.18. The van der Waals surface area contributed by atoms with Gasteiger partial charge in [-0.2, -0.15) is 0 Å². The average molecular weight is 358 g/mol. The fraction of sp³-hybridized carbons (Fsp3) is 0.200. The van der Waals surface area contributed by atoms with E-state index in [0.717, 1.165) is 10.0 Å². The van der Waals surface area contributed by atoms with Crippen LogP contribution in [0.5, 0.6) is 0 Å². The van der Waals surface area contributed by atoms with Crippen LogP contribution in [0.15, 0.2) is 40.9 Å². The third kappa shape index (κ3) is 3.38. The van der Waals surface area contributed by atoms with Crippen LogP contribution in [0.25, 0.3) is 0 Å². The molecule has 5 heteroatoms. The van der Waals surface area contributed by atoms with Gasteiger partial charge in [-0.1, -0.05) is 51.8 Å². The number of aryl methyl sites for hydroxylation is 1. The van der Waals surface area contributed by atoms with Crippen molar-refractivity contribution in [3.8, 4) is 0 Å². The van der Waals surface area contributed by atoms with Crippen molar-refractivity contribution in [3.05, 3.63) is 68.4 Å². The number of halogens is 3. The van der Waals surface area contributed by atoms with E-state index in [1.54, 1.807) is 19.1 Å². The Morgan fingerprint density at radius 2 is 2.10 bits per heavy atom. The van der Waals surface area contributed by atoms with Gasteiger partial charge in [0.15, 0.2) is 0 Å². The van der Waals surface area contributed by atoms with Crippen molar-refractivity contribution >= 4 is 27.5 Å². The topological polar surface area (TPSA) is 38.0 Å². The lowest BCUT2D eigenvalue weighted by Crippen LogP contribution is -2.30. The van der Waals surface area contributed by atoms with Gasteiger partial charge < -0.3 is 0 Å². The smallest absolute Gasteiger partial charge is 0.130 e. The molecule has 0 saturated carbocycles. The predicted molar refractivity (Wildman–Crippen MR) is 84.1 cm³/mol. The minimum atomic E-state index is -0.325. The van der Waals surface area contributed by atoms with E-state index in [1.807, 2.05) is 24.3 Å². The summed E-state index contributed by atoms with van der Waals surface area (Å²) >= 11 is 9.56. The largest absolute Gasteiger partial charge is 0.271 e. The summed E-state index contributed by atoms with van der Waals surface area (Å²) in [4.78, 5) is 0. The molecule has 0 fully saturated rings. The number of nitrogens with one attached hydrogen (secondary N) is 1. The molecule has 2 aromatic rings. The van der Waals surface area contributed by atoms with Gasteiger partial charge in [0.1, 0.15) is 5.82 Å². The molecule has 20 heavy (non-hydrogen) atoms. The third-order valence-electron chi connectivity index (χ3n) is 3.24. The zero-order valence-electron chi connectivity index (χ0n) is 11.0. The Hall–Kier alpha value is -0.940. The Morgan fingerprint density at radius 3 is 2.75 bits per heavy atom. The van der Waals surface area contributed by atoms with Crippen LogP contribution in [-0.2, 0) is 6.42 Å². The summed E-state index contributed by atoms with van der Waals surface area (Å²) in [6, 6.07) is 10.6. The lowest BCUT2D eigenvalue weighted by molar-refractivity contribution is 0.507. The Kier molecular flexibility index (Phi) is 5.16. The summed E-state index contributed by atoms with van der Waals surface area (Å²) in [5.41, 5.74) is 4.73. The van der Waals surface area contributed by atoms with Crippen molar-refractivity contribution in [1.82, 2.24) is 5.43 Å². The number of nitrogens with two attached hydrogens (primary N) is 1. The van der Waals surface area contributed by atoms with Crippen LogP contribution in [-0.4, -0.2) is 0 Å². The van der Waals surface area contributed by atoms with Gasteiger partial charge >= 0.3 is 0 Å². The van der Waals surface area contributed by atoms with E-state index in [-0.39, 0.29) is 11.9 Å². The van der Waals surface area contributed by atoms with E-state index >= 15 is 0 Å². The van der Waals surface area contributed by atoms with Crippen LogP contribution >= 0.6 is 27.5 Å². The molecule has 0 bridgehead atoms. The van der Waals surface area contributed by atoms with Crippen molar-refractivity contribution in [2.45, 2.75) is 19.4 Å². The monoisotopic (exact) mass is 356 g/mol. The van der Waals surface area contributed by atoms with Gasteiger partial charge in [-0.15, -0.1) is 0 Å². The molecule has 0 aliphatic carbocycles. The molecule has 0 aliphatic heterocycles. The molecule has 2 nitrogen and oxygen atoms in total. The van der Waals surface area contributed by atoms with Gasteiger partial charge in [0.05, 0.1) is 6.04 Å². The van der Waals surface area contributed by atoms with Crippen LogP contribution in [0.1, 0.15) is 22.7 Å². The quantitative estimate of drug-likeness (QED) is 0.632. The molecular formula is C15H15BrClFN2. The highest BCUT2D eigenvalue weighted by molar-refractivity contribution is 9.10. The Bertz CT molecular complexity index is 619. The molecule has 0 amide bonds. The van der Waals surface area contributed by atoms with Crippen molar-refractivity contribution < 1.29 is 4.39 Å². The second-order valence-electron chi connectivity index (χ2n) is 4.64. The highest BCUT2D eigenvalue weighted by atomic mass is 79.9. The Morgan fingerprint density at radius 1 is 1.35 bits per heavy atom. The first-order valence-electron chi connectivity index (χ1n) is 6.18. The summed E-state index contributed by atoms with van der Waals surface area (Å²) < 4.78 is 15.1. The molecule has 0 saturated heterocycles. The maximum Gasteiger partial charge on any atom is 0.130 e. The van der Waals surface area contributed by atoms with Gasteiger partial charge in [-0.3, -0.25) is 11.3 Å². The van der Waals surface area contributed by atoms with Gasteiger partial charge in [0.2, 0.25) is 0 Å². The molecule has 3 N–H and O–H groups in total. The molecule has 0 spiro atoms. The van der Waals surface area contributed by atoms with E-state index in [9.17, 15) is 4.39 Å². The first-order chi connectivity index (χ1) is 9.52. The minimum absolute atomic E-state index is 0.233. The van der Waals surface area contributed by atoms with Crippen molar-refractivity contribution in [1.29, 1.82) is 0 Å². The van der Waals surface area contributed by atoms with Crippen molar-refractivity contribution in [2.24, 2.45) is 5.84 Å². The second-order valence-corrected chi connectivity index (χ2v) is 5.96. The fourth-order valence-corrected chi connectivity index (χ4v) is 2.86. The van der Waals surface area contributed by atoms with Gasteiger partial charge in [-0.05, 0) is 36.6 Å². The number of benzene rings is 2. The molecule has 2 rings (SSSR count). The molecule has 1 unspecified atom stereocenters. The van der Waals surface area contributed by atoms with Crippen LogP contribution in [0.2, 0.25) is 5.02 Å². The summed E-state index contributed by atoms with van der Waals surface area (Å²) in [5.74, 6) is 5.35. The number of hydrogen-bond acceptors (Lipinski definition) is 2. The summed E-state index contributed by atoms with van der Waals surface area (Å²) in [6.07, 6.45) is 0.517. The van der Waals surface area contributed by atoms with Crippen molar-refractivity contribution in [3.63, 3.8) is 0 Å². The van der Waals surface area contributed by atoms with Gasteiger partial charge in [0.25, 0.3) is 0 Å². The van der Waals surface area contributed by atoms with Crippen LogP contribution in [0, 0.1) is 12.7 Å². The second kappa shape index (κ2) is 6.68. The molecule has 2 aromatic carbocycles. The molecule has 0 aromatic heterocycles. The number of hydrogen-bond donors (Lipinski definition) is 2. The number of hydrazine groups is 1. The van der Waals surface area contributed by atoms with E-state index in [2.05, 4.69) is 21.4 Å². The third-order valence-corrected chi connectivity index (χ3v) is 4.08. The van der Waals surface area contributed by atoms with Crippen molar-refractivity contribution in [2.75, 3.05) is 0 Å². The van der Waals surface area contributed by atoms with E-state index in [1.165, 1.54) is 0 Å². The predicted octanol–water partition coefficient (Wildman–Crippen LogP) is 4.30. The van der Waals surface area contributed by atoms with Gasteiger partial charge in [0, 0.05) is 15.1 Å². The molecule has 0 aliphatic rings. The van der Waals surface area contributed by atoms with Crippen LogP contribution < -0.4 is 11.3 Å². The first-order valence-corrected chi connectivity index (χ1v) is 7.35. The maximum absolute atomic E-state index is 14.2. The molecular weight excluding hydrogens is 343 g/mol. The molecule has 106 valence electrons. The lowest BCUT2D eigenvalue weighted by atomic mass is 9.97. The first kappa shape index (κ1) is 15.4. The standard InChI is InChI=1S/C15H15BrClFN2/c1-9-3-2-4-12(15(9)18)14(20-19)7-10-5-6-11(16)8-13(10)17/h2-6,8,14,20H,7,19H2,1H3. The van der Waals surface area contributed by atoms with Crippen LogP contribution in [0.3, 0.4) is 0 Å². The van der Waals surface area contributed by atoms with Gasteiger partial charge in [-0.25, -0.2) is 4.39 Å². The van der Waals surface area contributed by atoms with E-state index < -0.39 is 0 Å². The summed E-state index contributed by atoms with van der Waals surface area (Å²) in [7, 11) is 0. The van der Waals surface area contributed by atoms with Crippen LogP contribution in [0.4, 0.5) is 4.39 Å². The normalized spacial score (nSPS) is 12.4. The maximum atomic E-state index is 14.2. The molecule has 1 atom stereocenters. The zero-order chi connectivity index (χ0) is 14.7. The number of rotatable bonds is 4. The van der Waals surface area contributed by atoms with E-state index in [0.29, 0.717) is 22.6 Å². The highest BCUT2D eigenvalue weighted by Crippen LogP contribution is 2.27. The minimum Gasteiger partial charge on any atom is -0.271 e. The Balaban J connectivity index is 2.31.